The third kappa shape index (κ3) is 3.90. The highest BCUT2D eigenvalue weighted by molar-refractivity contribution is 7.16. The maximum Gasteiger partial charge on any atom is 0.326 e. The van der Waals surface area contributed by atoms with Crippen molar-refractivity contribution in [3.63, 3.8) is 0 Å². The van der Waals surface area contributed by atoms with E-state index in [9.17, 15) is 19.1 Å². The Hall–Kier alpha value is -2.22. The van der Waals surface area contributed by atoms with Gasteiger partial charge in [0.1, 0.15) is 11.9 Å². The second-order valence-electron chi connectivity index (χ2n) is 5.68. The molecule has 1 heterocycles. The van der Waals surface area contributed by atoms with Crippen LogP contribution in [-0.2, 0) is 4.79 Å². The highest BCUT2D eigenvalue weighted by atomic mass is 35.5. The van der Waals surface area contributed by atoms with Crippen molar-refractivity contribution < 1.29 is 19.1 Å². The molecule has 0 aliphatic rings. The van der Waals surface area contributed by atoms with Crippen LogP contribution >= 0.6 is 34.5 Å². The van der Waals surface area contributed by atoms with Gasteiger partial charge in [0.15, 0.2) is 4.80 Å². The summed E-state index contributed by atoms with van der Waals surface area (Å²) < 4.78 is 15.8. The summed E-state index contributed by atoms with van der Waals surface area (Å²) in [7, 11) is 0. The van der Waals surface area contributed by atoms with Crippen LogP contribution in [0.25, 0.3) is 10.2 Å². The van der Waals surface area contributed by atoms with Crippen molar-refractivity contribution in [3.05, 3.63) is 62.6 Å². The largest absolute Gasteiger partial charge is 0.480 e. The molecule has 5 nitrogen and oxygen atoms in total. The molecule has 0 saturated carbocycles. The minimum Gasteiger partial charge on any atom is -0.480 e. The van der Waals surface area contributed by atoms with E-state index in [1.165, 1.54) is 34.9 Å². The predicted octanol–water partition coefficient (Wildman–Crippen LogP) is 4.93. The van der Waals surface area contributed by atoms with E-state index in [1.807, 2.05) is 0 Å². The number of rotatable bonds is 4. The Balaban J connectivity index is 2.26. The lowest BCUT2D eigenvalue weighted by Crippen LogP contribution is -2.27. The lowest BCUT2D eigenvalue weighted by Gasteiger charge is -2.13. The molecule has 27 heavy (non-hydrogen) atoms. The topological polar surface area (TPSA) is 71.7 Å². The maximum atomic E-state index is 14.2. The first-order chi connectivity index (χ1) is 12.8. The van der Waals surface area contributed by atoms with E-state index in [4.69, 9.17) is 23.2 Å². The van der Waals surface area contributed by atoms with Gasteiger partial charge in [0, 0.05) is 15.6 Å². The van der Waals surface area contributed by atoms with Gasteiger partial charge in [-0.1, -0.05) is 47.5 Å². The molecule has 0 saturated heterocycles. The van der Waals surface area contributed by atoms with Crippen molar-refractivity contribution >= 4 is 56.6 Å². The predicted molar refractivity (Wildman–Crippen MR) is 103 cm³/mol. The quantitative estimate of drug-likeness (QED) is 0.642. The van der Waals surface area contributed by atoms with Crippen molar-refractivity contribution in [2.75, 3.05) is 0 Å². The van der Waals surface area contributed by atoms with Crippen LogP contribution in [0, 0.1) is 5.82 Å². The second kappa shape index (κ2) is 7.80. The molecule has 1 atom stereocenters. The molecule has 2 aromatic carbocycles. The van der Waals surface area contributed by atoms with Gasteiger partial charge in [0.25, 0.3) is 5.91 Å². The Kier molecular flexibility index (Phi) is 5.64. The summed E-state index contributed by atoms with van der Waals surface area (Å²) in [6.45, 7) is 1.69. The van der Waals surface area contributed by atoms with Gasteiger partial charge in [-0.05, 0) is 36.8 Å². The average molecular weight is 427 g/mol. The van der Waals surface area contributed by atoms with Gasteiger partial charge >= 0.3 is 5.97 Å². The fourth-order valence-electron chi connectivity index (χ4n) is 2.71. The van der Waals surface area contributed by atoms with Crippen molar-refractivity contribution in [3.8, 4) is 0 Å². The van der Waals surface area contributed by atoms with Crippen LogP contribution < -0.4 is 4.80 Å². The Labute approximate surface area is 167 Å². The molecule has 3 rings (SSSR count). The molecule has 1 unspecified atom stereocenters. The average Bonchev–Trinajstić information content (AvgIpc) is 2.94. The second-order valence-corrected chi connectivity index (χ2v) is 7.53. The van der Waals surface area contributed by atoms with Gasteiger partial charge in [-0.3, -0.25) is 4.79 Å². The number of benzene rings is 2. The number of carboxylic acid groups (broad SMARTS) is 1. The number of aliphatic carboxylic acids is 1. The molecule has 0 spiro atoms. The lowest BCUT2D eigenvalue weighted by atomic mass is 10.2. The van der Waals surface area contributed by atoms with E-state index in [0.29, 0.717) is 5.52 Å². The van der Waals surface area contributed by atoms with Crippen LogP contribution in [0.15, 0.2) is 41.4 Å². The fraction of sp³-hybridized carbons (Fsp3) is 0.167. The van der Waals surface area contributed by atoms with Gasteiger partial charge in [-0.2, -0.15) is 4.99 Å². The molecule has 0 aliphatic carbocycles. The first-order valence-corrected chi connectivity index (χ1v) is 9.46. The molecule has 1 N–H and O–H groups in total. The molecule has 0 radical (unpaired) electrons. The standard InChI is InChI=1S/C18H13Cl2FN2O3S/c1-2-13(17(25)26)23-14-5-3-4-12(21)15(14)27-18(23)22-16(24)9-6-10(19)8-11(20)7-9/h3-8,13H,2H2,1H3,(H,25,26). The highest BCUT2D eigenvalue weighted by Crippen LogP contribution is 2.25. The lowest BCUT2D eigenvalue weighted by molar-refractivity contribution is -0.140. The number of aromatic nitrogens is 1. The van der Waals surface area contributed by atoms with Gasteiger partial charge in [0.05, 0.1) is 10.2 Å². The highest BCUT2D eigenvalue weighted by Gasteiger charge is 2.23. The molecule has 0 bridgehead atoms. The Morgan fingerprint density at radius 1 is 1.26 bits per heavy atom. The third-order valence-electron chi connectivity index (χ3n) is 3.90. The molecule has 9 heteroatoms. The number of carbonyl (C=O) groups excluding carboxylic acids is 1. The Bertz CT molecular complexity index is 1100. The third-order valence-corrected chi connectivity index (χ3v) is 5.41. The van der Waals surface area contributed by atoms with Gasteiger partial charge < -0.3 is 9.67 Å². The van der Waals surface area contributed by atoms with Crippen LogP contribution in [-0.4, -0.2) is 21.6 Å². The van der Waals surface area contributed by atoms with E-state index in [1.54, 1.807) is 13.0 Å². The molecule has 140 valence electrons. The van der Waals surface area contributed by atoms with E-state index in [0.717, 1.165) is 11.3 Å². The Morgan fingerprint density at radius 2 is 1.93 bits per heavy atom. The summed E-state index contributed by atoms with van der Waals surface area (Å²) in [5.41, 5.74) is 0.519. The molecular formula is C18H13Cl2FN2O3S. The number of nitrogens with zero attached hydrogens (tertiary/aromatic N) is 2. The van der Waals surface area contributed by atoms with Crippen LogP contribution in [0.5, 0.6) is 0 Å². The van der Waals surface area contributed by atoms with E-state index < -0.39 is 23.7 Å². The number of carbonyl (C=O) groups is 2. The zero-order valence-electron chi connectivity index (χ0n) is 13.9. The minimum absolute atomic E-state index is 0.0884. The molecular weight excluding hydrogens is 414 g/mol. The molecule has 3 aromatic rings. The normalized spacial score (nSPS) is 13.1. The molecule has 0 fully saturated rings. The number of carboxylic acids is 1. The zero-order chi connectivity index (χ0) is 19.7. The first-order valence-electron chi connectivity index (χ1n) is 7.89. The Morgan fingerprint density at radius 3 is 2.52 bits per heavy atom. The number of hydrogen-bond acceptors (Lipinski definition) is 3. The smallest absolute Gasteiger partial charge is 0.326 e. The van der Waals surface area contributed by atoms with Gasteiger partial charge in [-0.15, -0.1) is 0 Å². The van der Waals surface area contributed by atoms with Crippen LogP contribution in [0.4, 0.5) is 4.39 Å². The van der Waals surface area contributed by atoms with E-state index >= 15 is 0 Å². The maximum absolute atomic E-state index is 14.2. The van der Waals surface area contributed by atoms with E-state index in [-0.39, 0.29) is 31.5 Å². The molecule has 0 aliphatic heterocycles. The van der Waals surface area contributed by atoms with E-state index in [2.05, 4.69) is 4.99 Å². The minimum atomic E-state index is -1.10. The first kappa shape index (κ1) is 19.5. The fourth-order valence-corrected chi connectivity index (χ4v) is 4.30. The van der Waals surface area contributed by atoms with Crippen molar-refractivity contribution in [2.24, 2.45) is 4.99 Å². The number of hydrogen-bond donors (Lipinski definition) is 1. The van der Waals surface area contributed by atoms with Crippen molar-refractivity contribution in [2.45, 2.75) is 19.4 Å². The van der Waals surface area contributed by atoms with Crippen LogP contribution in [0.1, 0.15) is 29.7 Å². The SMILES string of the molecule is CCC(C(=O)O)n1c(=NC(=O)c2cc(Cl)cc(Cl)c2)sc2c(F)cccc21. The molecule has 1 aromatic heterocycles. The number of thiazole rings is 1. The van der Waals surface area contributed by atoms with Crippen LogP contribution in [0.3, 0.4) is 0 Å². The summed E-state index contributed by atoms with van der Waals surface area (Å²) in [6.07, 6.45) is 0.238. The van der Waals surface area contributed by atoms with Crippen LogP contribution in [0.2, 0.25) is 10.0 Å². The number of fused-ring (bicyclic) bond motifs is 1. The van der Waals surface area contributed by atoms with Gasteiger partial charge in [-0.25, -0.2) is 9.18 Å². The van der Waals surface area contributed by atoms with Crippen molar-refractivity contribution in [1.29, 1.82) is 0 Å². The van der Waals surface area contributed by atoms with Gasteiger partial charge in [0.2, 0.25) is 0 Å². The zero-order valence-corrected chi connectivity index (χ0v) is 16.3. The summed E-state index contributed by atoms with van der Waals surface area (Å²) in [4.78, 5) is 28.4. The monoisotopic (exact) mass is 426 g/mol. The summed E-state index contributed by atoms with van der Waals surface area (Å²) in [5.74, 6) is -2.26. The number of halogens is 3. The molecule has 1 amide bonds. The summed E-state index contributed by atoms with van der Waals surface area (Å²) in [5, 5.41) is 10.1. The van der Waals surface area contributed by atoms with Crippen molar-refractivity contribution in [1.82, 2.24) is 4.57 Å². The summed E-state index contributed by atoms with van der Waals surface area (Å²) in [6, 6.07) is 7.66. The number of amides is 1. The summed E-state index contributed by atoms with van der Waals surface area (Å²) >= 11 is 12.8.